The highest BCUT2D eigenvalue weighted by atomic mass is 32.2. The van der Waals surface area contributed by atoms with Gasteiger partial charge < -0.3 is 9.52 Å². The Morgan fingerprint density at radius 2 is 1.75 bits per heavy atom. The van der Waals surface area contributed by atoms with Crippen LogP contribution in [0.5, 0.6) is 5.75 Å². The Bertz CT molecular complexity index is 773. The van der Waals surface area contributed by atoms with Crippen molar-refractivity contribution in [3.05, 3.63) is 39.7 Å². The number of phenolic OH excluding ortho intramolecular Hbond substituents is 1. The molecule has 0 fully saturated rings. The van der Waals surface area contributed by atoms with Crippen LogP contribution in [0.4, 0.5) is 0 Å². The van der Waals surface area contributed by atoms with Gasteiger partial charge in [-0.1, -0.05) is 0 Å². The highest BCUT2D eigenvalue weighted by Gasteiger charge is 2.07. The van der Waals surface area contributed by atoms with Gasteiger partial charge in [0.2, 0.25) is 0 Å². The summed E-state index contributed by atoms with van der Waals surface area (Å²) in [4.78, 5) is 11.3. The topological polar surface area (TPSA) is 105 Å². The summed E-state index contributed by atoms with van der Waals surface area (Å²) >= 11 is 0. The van der Waals surface area contributed by atoms with E-state index in [2.05, 4.69) is 0 Å². The van der Waals surface area contributed by atoms with Crippen LogP contribution in [-0.4, -0.2) is 23.8 Å². The molecular weight excluding hydrogens is 284 g/mol. The van der Waals surface area contributed by atoms with E-state index in [1.165, 1.54) is 13.0 Å². The van der Waals surface area contributed by atoms with Crippen LogP contribution < -0.4 is 5.63 Å². The molecule has 0 saturated carbocycles. The summed E-state index contributed by atoms with van der Waals surface area (Å²) in [6.45, 7) is 4.97. The molecule has 0 atom stereocenters. The predicted octanol–water partition coefficient (Wildman–Crippen LogP) is 2.01. The maximum atomic E-state index is 11.3. The van der Waals surface area contributed by atoms with E-state index in [0.29, 0.717) is 11.1 Å². The fourth-order valence-electron chi connectivity index (χ4n) is 1.44. The molecule has 0 aliphatic heterocycles. The fourth-order valence-corrected chi connectivity index (χ4v) is 1.44. The standard InChI is InChI=1S/C11H10O3.C2H6O3S/c1-6-7(2)11(13)14-10-5-8(12)3-4-9(6)10;1-2-6(3,4)5/h3-5,12H,1-2H3;2H2,1H3,(H,3,4,5). The van der Waals surface area contributed by atoms with Crippen LogP contribution in [0, 0.1) is 13.8 Å². The molecule has 0 saturated heterocycles. The van der Waals surface area contributed by atoms with Crippen molar-refractivity contribution in [3.63, 3.8) is 0 Å². The van der Waals surface area contributed by atoms with Crippen molar-refractivity contribution in [1.29, 1.82) is 0 Å². The molecule has 0 amide bonds. The van der Waals surface area contributed by atoms with Crippen molar-refractivity contribution in [2.45, 2.75) is 20.8 Å². The summed E-state index contributed by atoms with van der Waals surface area (Å²) in [5.41, 5.74) is 1.60. The number of aryl methyl sites for hydroxylation is 1. The minimum atomic E-state index is -3.66. The second kappa shape index (κ2) is 6.06. The van der Waals surface area contributed by atoms with Crippen LogP contribution in [0.15, 0.2) is 27.4 Å². The normalized spacial score (nSPS) is 11.0. The first-order valence-electron chi connectivity index (χ1n) is 5.84. The summed E-state index contributed by atoms with van der Waals surface area (Å²) in [6.07, 6.45) is 0. The molecule has 2 aromatic rings. The molecule has 1 heterocycles. The Kier molecular flexibility index (Phi) is 4.91. The Morgan fingerprint density at radius 1 is 1.20 bits per heavy atom. The number of aromatic hydroxyl groups is 1. The lowest BCUT2D eigenvalue weighted by Gasteiger charge is -2.03. The zero-order valence-electron chi connectivity index (χ0n) is 11.4. The van der Waals surface area contributed by atoms with Gasteiger partial charge in [0.1, 0.15) is 11.3 Å². The predicted molar refractivity (Wildman–Crippen MR) is 75.7 cm³/mol. The Balaban J connectivity index is 0.000000286. The average Bonchev–Trinajstić information content (AvgIpc) is 2.36. The highest BCUT2D eigenvalue weighted by molar-refractivity contribution is 7.85. The molecule has 0 aliphatic rings. The second-order valence-corrected chi connectivity index (χ2v) is 5.93. The van der Waals surface area contributed by atoms with E-state index in [1.54, 1.807) is 19.1 Å². The fraction of sp³-hybridized carbons (Fsp3) is 0.308. The summed E-state index contributed by atoms with van der Waals surface area (Å²) in [5.74, 6) is -0.101. The van der Waals surface area contributed by atoms with Gasteiger partial charge in [0.15, 0.2) is 0 Å². The van der Waals surface area contributed by atoms with Crippen molar-refractivity contribution >= 4 is 21.1 Å². The van der Waals surface area contributed by atoms with Crippen LogP contribution in [0.2, 0.25) is 0 Å². The molecule has 6 nitrogen and oxygen atoms in total. The van der Waals surface area contributed by atoms with Crippen LogP contribution >= 0.6 is 0 Å². The van der Waals surface area contributed by atoms with Crippen LogP contribution in [0.25, 0.3) is 11.0 Å². The van der Waals surface area contributed by atoms with Gasteiger partial charge in [0, 0.05) is 17.0 Å². The number of rotatable bonds is 1. The SMILES string of the molecule is CCS(=O)(=O)O.Cc1c(C)c2ccc(O)cc2oc1=O. The van der Waals surface area contributed by atoms with E-state index < -0.39 is 10.1 Å². The van der Waals surface area contributed by atoms with Gasteiger partial charge in [-0.2, -0.15) is 8.42 Å². The van der Waals surface area contributed by atoms with Crippen molar-refractivity contribution in [2.24, 2.45) is 0 Å². The molecule has 0 radical (unpaired) electrons. The van der Waals surface area contributed by atoms with Gasteiger partial charge in [-0.3, -0.25) is 4.55 Å². The van der Waals surface area contributed by atoms with Crippen LogP contribution in [0.1, 0.15) is 18.1 Å². The number of hydrogen-bond donors (Lipinski definition) is 2. The van der Waals surface area contributed by atoms with E-state index >= 15 is 0 Å². The number of phenols is 1. The lowest BCUT2D eigenvalue weighted by molar-refractivity contribution is 0.472. The van der Waals surface area contributed by atoms with Gasteiger partial charge in [0.25, 0.3) is 10.1 Å². The van der Waals surface area contributed by atoms with Crippen molar-refractivity contribution in [1.82, 2.24) is 0 Å². The smallest absolute Gasteiger partial charge is 0.339 e. The van der Waals surface area contributed by atoms with Gasteiger partial charge in [-0.15, -0.1) is 0 Å². The third kappa shape index (κ3) is 4.07. The minimum Gasteiger partial charge on any atom is -0.508 e. The first kappa shape index (κ1) is 16.2. The monoisotopic (exact) mass is 300 g/mol. The summed E-state index contributed by atoms with van der Waals surface area (Å²) in [6, 6.07) is 4.77. The van der Waals surface area contributed by atoms with E-state index in [0.717, 1.165) is 10.9 Å². The third-order valence-corrected chi connectivity index (χ3v) is 3.53. The first-order valence-corrected chi connectivity index (χ1v) is 7.44. The van der Waals surface area contributed by atoms with Crippen LogP contribution in [-0.2, 0) is 10.1 Å². The lowest BCUT2D eigenvalue weighted by atomic mass is 10.1. The summed E-state index contributed by atoms with van der Waals surface area (Å²) < 4.78 is 31.9. The molecule has 0 bridgehead atoms. The molecule has 2 N–H and O–H groups in total. The molecule has 1 aromatic heterocycles. The molecular formula is C13H16O6S. The van der Waals surface area contributed by atoms with Gasteiger partial charge in [-0.25, -0.2) is 4.79 Å². The number of fused-ring (bicyclic) bond motifs is 1. The summed E-state index contributed by atoms with van der Waals surface area (Å²) in [7, 11) is -3.66. The Hall–Kier alpha value is -1.86. The molecule has 0 unspecified atom stereocenters. The summed E-state index contributed by atoms with van der Waals surface area (Å²) in [5, 5.41) is 10.1. The largest absolute Gasteiger partial charge is 0.508 e. The lowest BCUT2D eigenvalue weighted by Crippen LogP contribution is -2.05. The van der Waals surface area contributed by atoms with Gasteiger partial charge in [-0.05, 0) is 38.5 Å². The maximum absolute atomic E-state index is 11.3. The van der Waals surface area contributed by atoms with E-state index in [9.17, 15) is 18.3 Å². The quantitative estimate of drug-likeness (QED) is 0.616. The molecule has 2 rings (SSSR count). The highest BCUT2D eigenvalue weighted by Crippen LogP contribution is 2.22. The van der Waals surface area contributed by atoms with Crippen LogP contribution in [0.3, 0.4) is 0 Å². The Labute approximate surface area is 116 Å². The average molecular weight is 300 g/mol. The van der Waals surface area contributed by atoms with E-state index in [-0.39, 0.29) is 17.1 Å². The molecule has 7 heteroatoms. The number of hydrogen-bond acceptors (Lipinski definition) is 5. The first-order chi connectivity index (χ1) is 9.15. The third-order valence-electron chi connectivity index (χ3n) is 2.81. The van der Waals surface area contributed by atoms with Crippen molar-refractivity contribution in [2.75, 3.05) is 5.75 Å². The molecule has 0 aliphatic carbocycles. The maximum Gasteiger partial charge on any atom is 0.339 e. The van der Waals surface area contributed by atoms with E-state index in [1.807, 2.05) is 6.92 Å². The Morgan fingerprint density at radius 3 is 2.25 bits per heavy atom. The number of benzene rings is 1. The second-order valence-electron chi connectivity index (χ2n) is 4.19. The van der Waals surface area contributed by atoms with Crippen molar-refractivity contribution in [3.8, 4) is 5.75 Å². The molecule has 20 heavy (non-hydrogen) atoms. The van der Waals surface area contributed by atoms with Crippen molar-refractivity contribution < 1.29 is 22.5 Å². The van der Waals surface area contributed by atoms with Gasteiger partial charge in [0.05, 0.1) is 5.75 Å². The zero-order chi connectivity index (χ0) is 15.5. The molecule has 0 spiro atoms. The zero-order valence-corrected chi connectivity index (χ0v) is 12.2. The van der Waals surface area contributed by atoms with E-state index in [4.69, 9.17) is 8.97 Å². The molecule has 1 aromatic carbocycles. The minimum absolute atomic E-state index is 0.101. The molecule has 110 valence electrons. The van der Waals surface area contributed by atoms with Gasteiger partial charge >= 0.3 is 5.63 Å².